The SMILES string of the molecule is C\C(=C/C=C/C=C/C=C/C=C/C(C)C(OC1OC(C(=O)O)C(O)C(O)C1O)/C(C)=C/C(C)CCC/C=C/C(C)C/C=C/CCCNC(=N)N)C(=O)NC1=C(O)CCC1=O. The molecule has 9 atom stereocenters. The average Bonchev–Trinajstić information content (AvgIpc) is 3.50. The molecule has 1 saturated heterocycles. The summed E-state index contributed by atoms with van der Waals surface area (Å²) in [4.78, 5) is 35.9. The molecule has 9 unspecified atom stereocenters. The first-order valence-corrected chi connectivity index (χ1v) is 20.3. The second kappa shape index (κ2) is 27.0. The third-order valence-electron chi connectivity index (χ3n) is 9.78. The number of aliphatic carboxylic acids is 1. The second-order valence-electron chi connectivity index (χ2n) is 15.2. The minimum Gasteiger partial charge on any atom is -0.510 e. The number of Topliss-reactive ketones (excluding diaryl/α,β-unsaturated/α-hetero) is 1. The van der Waals surface area contributed by atoms with E-state index in [0.717, 1.165) is 44.1 Å². The molecule has 1 fully saturated rings. The molecule has 2 rings (SSSR count). The monoisotopic (exact) mass is 822 g/mol. The fraction of sp³-hybridized carbons (Fsp3) is 0.511. The molecular formula is C45H66N4O10. The van der Waals surface area contributed by atoms with E-state index in [1.54, 1.807) is 49.5 Å². The first kappa shape index (κ1) is 50.3. The number of rotatable bonds is 24. The molecule has 0 aromatic heterocycles. The van der Waals surface area contributed by atoms with E-state index in [1.807, 2.05) is 26.0 Å². The van der Waals surface area contributed by atoms with Crippen LogP contribution < -0.4 is 16.4 Å². The Labute approximate surface area is 348 Å². The molecule has 0 spiro atoms. The number of hydrogen-bond acceptors (Lipinski definition) is 10. The predicted octanol–water partition coefficient (Wildman–Crippen LogP) is 5.47. The van der Waals surface area contributed by atoms with Gasteiger partial charge in [0.15, 0.2) is 24.1 Å². The Morgan fingerprint density at radius 1 is 0.898 bits per heavy atom. The Kier molecular flexibility index (Phi) is 23.0. The maximum absolute atomic E-state index is 12.3. The molecule has 1 aliphatic carbocycles. The number of carbonyl (C=O) groups is 3. The molecular weight excluding hydrogens is 757 g/mol. The van der Waals surface area contributed by atoms with Crippen molar-refractivity contribution in [2.24, 2.45) is 23.5 Å². The van der Waals surface area contributed by atoms with Crippen molar-refractivity contribution in [1.82, 2.24) is 10.6 Å². The highest BCUT2D eigenvalue weighted by molar-refractivity contribution is 6.04. The first-order valence-electron chi connectivity index (χ1n) is 20.3. The van der Waals surface area contributed by atoms with Crippen LogP contribution in [0.1, 0.15) is 86.0 Å². The summed E-state index contributed by atoms with van der Waals surface area (Å²) in [6.45, 7) is 10.4. The Morgan fingerprint density at radius 3 is 2.20 bits per heavy atom. The van der Waals surface area contributed by atoms with E-state index >= 15 is 0 Å². The van der Waals surface area contributed by atoms with Crippen molar-refractivity contribution in [1.29, 1.82) is 5.41 Å². The van der Waals surface area contributed by atoms with Crippen LogP contribution in [0.25, 0.3) is 0 Å². The zero-order chi connectivity index (χ0) is 43.9. The highest BCUT2D eigenvalue weighted by Gasteiger charge is 2.48. The highest BCUT2D eigenvalue weighted by atomic mass is 16.7. The normalized spacial score (nSPS) is 24.3. The molecule has 1 heterocycles. The molecule has 1 aliphatic heterocycles. The Hall–Kier alpha value is -4.86. The second-order valence-corrected chi connectivity index (χ2v) is 15.2. The zero-order valence-corrected chi connectivity index (χ0v) is 35.0. The van der Waals surface area contributed by atoms with Crippen molar-refractivity contribution >= 4 is 23.6 Å². The number of amides is 1. The van der Waals surface area contributed by atoms with Crippen LogP contribution in [-0.4, -0.2) is 92.5 Å². The fourth-order valence-electron chi connectivity index (χ4n) is 6.35. The molecule has 326 valence electrons. The lowest BCUT2D eigenvalue weighted by atomic mass is 9.92. The number of carboxylic acids is 1. The van der Waals surface area contributed by atoms with Gasteiger partial charge in [0, 0.05) is 30.9 Å². The minimum atomic E-state index is -1.83. The quantitative estimate of drug-likeness (QED) is 0.0147. The van der Waals surface area contributed by atoms with Gasteiger partial charge in [0.1, 0.15) is 29.8 Å². The highest BCUT2D eigenvalue weighted by Crippen LogP contribution is 2.29. The lowest BCUT2D eigenvalue weighted by Gasteiger charge is -2.40. The van der Waals surface area contributed by atoms with Gasteiger partial charge in [-0.15, -0.1) is 0 Å². The lowest BCUT2D eigenvalue weighted by molar-refractivity contribution is -0.303. The van der Waals surface area contributed by atoms with Gasteiger partial charge in [-0.25, -0.2) is 4.79 Å². The molecule has 2 aliphatic rings. The molecule has 1 amide bonds. The van der Waals surface area contributed by atoms with Crippen LogP contribution in [0.15, 0.2) is 108 Å². The van der Waals surface area contributed by atoms with E-state index in [1.165, 1.54) is 0 Å². The number of ether oxygens (including phenoxy) is 2. The molecule has 14 heteroatoms. The first-order chi connectivity index (χ1) is 28.0. The number of unbranched alkanes of at least 4 members (excludes halogenated alkanes) is 2. The van der Waals surface area contributed by atoms with Gasteiger partial charge in [0.25, 0.3) is 5.91 Å². The number of carbonyl (C=O) groups excluding carboxylic acids is 2. The van der Waals surface area contributed by atoms with E-state index in [4.69, 9.17) is 20.6 Å². The summed E-state index contributed by atoms with van der Waals surface area (Å²) in [6.07, 6.45) is 23.5. The lowest BCUT2D eigenvalue weighted by Crippen LogP contribution is -2.61. The van der Waals surface area contributed by atoms with Crippen molar-refractivity contribution < 1.29 is 49.4 Å². The average molecular weight is 823 g/mol. The number of ketones is 1. The number of guanidine groups is 1. The van der Waals surface area contributed by atoms with Gasteiger partial charge < -0.3 is 51.4 Å². The molecule has 0 bridgehead atoms. The van der Waals surface area contributed by atoms with Crippen molar-refractivity contribution in [2.45, 2.75) is 123 Å². The van der Waals surface area contributed by atoms with Crippen LogP contribution in [0.2, 0.25) is 0 Å². The van der Waals surface area contributed by atoms with Crippen molar-refractivity contribution in [3.8, 4) is 0 Å². The number of carboxylic acid groups (broad SMARTS) is 1. The Morgan fingerprint density at radius 2 is 1.56 bits per heavy atom. The van der Waals surface area contributed by atoms with Crippen LogP contribution in [-0.2, 0) is 23.9 Å². The van der Waals surface area contributed by atoms with Crippen molar-refractivity contribution in [2.75, 3.05) is 6.54 Å². The number of nitrogens with one attached hydrogen (secondary N) is 3. The van der Waals surface area contributed by atoms with Gasteiger partial charge in [0.2, 0.25) is 0 Å². The predicted molar refractivity (Wildman–Crippen MR) is 229 cm³/mol. The van der Waals surface area contributed by atoms with Crippen LogP contribution in [0.5, 0.6) is 0 Å². The number of nitrogens with two attached hydrogens (primary N) is 1. The number of allylic oxidation sites excluding steroid dienone is 15. The fourth-order valence-corrected chi connectivity index (χ4v) is 6.35. The molecule has 0 aromatic rings. The summed E-state index contributed by atoms with van der Waals surface area (Å²) in [5, 5.41) is 63.1. The maximum atomic E-state index is 12.3. The summed E-state index contributed by atoms with van der Waals surface area (Å²) >= 11 is 0. The van der Waals surface area contributed by atoms with Gasteiger partial charge in [-0.3, -0.25) is 15.0 Å². The van der Waals surface area contributed by atoms with E-state index in [9.17, 15) is 39.9 Å². The smallest absolute Gasteiger partial charge is 0.335 e. The third kappa shape index (κ3) is 18.7. The van der Waals surface area contributed by atoms with Crippen LogP contribution in [0.3, 0.4) is 0 Å². The Balaban J connectivity index is 2.02. The van der Waals surface area contributed by atoms with Gasteiger partial charge in [-0.05, 0) is 69.8 Å². The molecule has 0 aromatic carbocycles. The van der Waals surface area contributed by atoms with Gasteiger partial charge in [-0.2, -0.15) is 0 Å². The molecule has 14 nitrogen and oxygen atoms in total. The minimum absolute atomic E-state index is 0.00688. The van der Waals surface area contributed by atoms with Gasteiger partial charge in [0.05, 0.1) is 6.10 Å². The largest absolute Gasteiger partial charge is 0.510 e. The third-order valence-corrected chi connectivity index (χ3v) is 9.78. The summed E-state index contributed by atoms with van der Waals surface area (Å²) in [5.74, 6) is -2.06. The standard InChI is InChI=1S/C45H66N4O10/c1-29(20-14-11-12-19-27-48-45(46)47)21-15-13-16-22-30(2)28-33(5)40(58-44-39(54)37(52)38(53)41(59-44)43(56)57)31(3)23-17-9-7-6-8-10-18-24-32(4)42(55)49-36-34(50)25-26-35(36)51/h6-11,14-15,17-18,21,23-24,28-31,37-41,44,50,52-54H,12-13,16,19-20,22,25-27H2,1-5H3,(H,49,55)(H,56,57)(H4,46,47,48)/b8-6+,9-7+,14-11+,18-10+,21-15+,23-17+,32-24+,33-28+. The van der Waals surface area contributed by atoms with Crippen LogP contribution in [0.4, 0.5) is 0 Å². The number of aliphatic hydroxyl groups excluding tert-OH is 4. The van der Waals surface area contributed by atoms with E-state index in [0.29, 0.717) is 18.0 Å². The molecule has 59 heavy (non-hydrogen) atoms. The molecule has 10 N–H and O–H groups in total. The van der Waals surface area contributed by atoms with Crippen molar-refractivity contribution in [3.63, 3.8) is 0 Å². The summed E-state index contributed by atoms with van der Waals surface area (Å²) in [6, 6.07) is 0. The van der Waals surface area contributed by atoms with Crippen LogP contribution >= 0.6 is 0 Å². The summed E-state index contributed by atoms with van der Waals surface area (Å²) in [5.41, 5.74) is 6.44. The van der Waals surface area contributed by atoms with E-state index in [2.05, 4.69) is 54.9 Å². The van der Waals surface area contributed by atoms with E-state index < -0.39 is 48.7 Å². The van der Waals surface area contributed by atoms with Gasteiger partial charge in [-0.1, -0.05) is 106 Å². The molecule has 0 saturated carbocycles. The molecule has 0 radical (unpaired) electrons. The van der Waals surface area contributed by atoms with Gasteiger partial charge >= 0.3 is 5.97 Å². The van der Waals surface area contributed by atoms with E-state index in [-0.39, 0.29) is 47.9 Å². The summed E-state index contributed by atoms with van der Waals surface area (Å²) in [7, 11) is 0. The Bertz CT molecular complexity index is 1670. The number of hydrogen-bond donors (Lipinski definition) is 9. The maximum Gasteiger partial charge on any atom is 0.335 e. The summed E-state index contributed by atoms with van der Waals surface area (Å²) < 4.78 is 11.7. The topological polar surface area (TPSA) is 245 Å². The van der Waals surface area contributed by atoms with Crippen molar-refractivity contribution in [3.05, 3.63) is 108 Å². The number of aliphatic hydroxyl groups is 4. The zero-order valence-electron chi connectivity index (χ0n) is 35.0. The van der Waals surface area contributed by atoms with Crippen LogP contribution in [0, 0.1) is 23.2 Å².